The number of pyridine rings is 1. The molecule has 0 unspecified atom stereocenters. The number of phenols is 1. The molecule has 6 heteroatoms. The first-order chi connectivity index (χ1) is 11.0. The number of aromatic nitrogens is 3. The maximum absolute atomic E-state index is 9.56. The topological polar surface area (TPSA) is 101 Å². The molecule has 0 saturated carbocycles. The van der Waals surface area contributed by atoms with Crippen LogP contribution in [0.4, 0.5) is 5.82 Å². The first-order valence-electron chi connectivity index (χ1n) is 7.00. The number of rotatable bonds is 2. The molecular formula is C17H15N5O. The second kappa shape index (κ2) is 5.46. The van der Waals surface area contributed by atoms with Crippen molar-refractivity contribution in [1.82, 2.24) is 14.8 Å². The number of aryl methyl sites for hydroxylation is 2. The van der Waals surface area contributed by atoms with Gasteiger partial charge >= 0.3 is 0 Å². The van der Waals surface area contributed by atoms with Crippen LogP contribution in [0.1, 0.15) is 11.1 Å². The summed E-state index contributed by atoms with van der Waals surface area (Å²) in [5.74, 6) is 0.369. The average molecular weight is 305 g/mol. The molecule has 2 heterocycles. The largest absolute Gasteiger partial charge is 0.508 e. The summed E-state index contributed by atoms with van der Waals surface area (Å²) in [5, 5.41) is 23.1. The van der Waals surface area contributed by atoms with E-state index >= 15 is 0 Å². The molecule has 23 heavy (non-hydrogen) atoms. The van der Waals surface area contributed by atoms with E-state index in [1.54, 1.807) is 36.1 Å². The highest BCUT2D eigenvalue weighted by atomic mass is 16.3. The highest BCUT2D eigenvalue weighted by Gasteiger charge is 2.16. The van der Waals surface area contributed by atoms with E-state index in [-0.39, 0.29) is 11.6 Å². The molecule has 0 aliphatic carbocycles. The summed E-state index contributed by atoms with van der Waals surface area (Å²) < 4.78 is 1.68. The quantitative estimate of drug-likeness (QED) is 0.758. The van der Waals surface area contributed by atoms with Gasteiger partial charge in [-0.05, 0) is 42.8 Å². The van der Waals surface area contributed by atoms with E-state index in [9.17, 15) is 10.4 Å². The molecule has 2 aromatic heterocycles. The van der Waals surface area contributed by atoms with Crippen LogP contribution in [0.3, 0.4) is 0 Å². The van der Waals surface area contributed by atoms with Crippen molar-refractivity contribution in [1.29, 1.82) is 5.26 Å². The standard InChI is InChI=1S/C17H15N5O/c1-10-7-11(23)3-4-12(10)15-8-13(14(9-18)17(19)21-15)16-5-6-20-22(16)2/h3-8,23H,1-2H3,(H2,19,21). The van der Waals surface area contributed by atoms with Crippen molar-refractivity contribution in [3.05, 3.63) is 47.7 Å². The Morgan fingerprint density at radius 3 is 2.61 bits per heavy atom. The number of benzene rings is 1. The van der Waals surface area contributed by atoms with Gasteiger partial charge in [0.2, 0.25) is 0 Å². The monoisotopic (exact) mass is 305 g/mol. The van der Waals surface area contributed by atoms with Gasteiger partial charge in [-0.2, -0.15) is 10.4 Å². The smallest absolute Gasteiger partial charge is 0.142 e. The second-order valence-electron chi connectivity index (χ2n) is 5.27. The molecule has 0 spiro atoms. The van der Waals surface area contributed by atoms with Crippen molar-refractivity contribution in [3.63, 3.8) is 0 Å². The summed E-state index contributed by atoms with van der Waals surface area (Å²) in [4.78, 5) is 4.35. The van der Waals surface area contributed by atoms with Gasteiger partial charge in [-0.3, -0.25) is 4.68 Å². The number of phenolic OH excluding ortho intramolecular Hbond substituents is 1. The zero-order chi connectivity index (χ0) is 16.6. The van der Waals surface area contributed by atoms with Crippen molar-refractivity contribution in [3.8, 4) is 34.3 Å². The average Bonchev–Trinajstić information content (AvgIpc) is 2.92. The number of nitriles is 1. The van der Waals surface area contributed by atoms with Crippen molar-refractivity contribution in [2.75, 3.05) is 5.73 Å². The van der Waals surface area contributed by atoms with Crippen LogP contribution in [0.25, 0.3) is 22.5 Å². The van der Waals surface area contributed by atoms with Crippen LogP contribution in [0.5, 0.6) is 5.75 Å². The zero-order valence-electron chi connectivity index (χ0n) is 12.8. The first-order valence-corrected chi connectivity index (χ1v) is 7.00. The van der Waals surface area contributed by atoms with E-state index in [1.807, 2.05) is 19.1 Å². The predicted octanol–water partition coefficient (Wildman–Crippen LogP) is 2.62. The SMILES string of the molecule is Cc1cc(O)ccc1-c1cc(-c2ccnn2C)c(C#N)c(N)n1. The third-order valence-electron chi connectivity index (χ3n) is 3.74. The number of nitrogens with zero attached hydrogens (tertiary/aromatic N) is 4. The Labute approximate surface area is 133 Å². The highest BCUT2D eigenvalue weighted by molar-refractivity contribution is 5.79. The summed E-state index contributed by atoms with van der Waals surface area (Å²) >= 11 is 0. The number of hydrogen-bond acceptors (Lipinski definition) is 5. The fourth-order valence-corrected chi connectivity index (χ4v) is 2.60. The van der Waals surface area contributed by atoms with E-state index in [4.69, 9.17) is 5.73 Å². The molecular weight excluding hydrogens is 290 g/mol. The molecule has 3 N–H and O–H groups in total. The summed E-state index contributed by atoms with van der Waals surface area (Å²) in [5.41, 5.74) is 10.2. The lowest BCUT2D eigenvalue weighted by molar-refractivity contribution is 0.475. The van der Waals surface area contributed by atoms with E-state index < -0.39 is 0 Å². The molecule has 0 aliphatic heterocycles. The van der Waals surface area contributed by atoms with Crippen LogP contribution in [0.15, 0.2) is 36.5 Å². The fraction of sp³-hybridized carbons (Fsp3) is 0.118. The minimum Gasteiger partial charge on any atom is -0.508 e. The summed E-state index contributed by atoms with van der Waals surface area (Å²) in [6.45, 7) is 1.88. The molecule has 3 aromatic rings. The molecule has 0 bridgehead atoms. The molecule has 6 nitrogen and oxygen atoms in total. The first kappa shape index (κ1) is 14.6. The van der Waals surface area contributed by atoms with Gasteiger partial charge in [0.15, 0.2) is 0 Å². The van der Waals surface area contributed by atoms with Crippen molar-refractivity contribution >= 4 is 5.82 Å². The lowest BCUT2D eigenvalue weighted by atomic mass is 9.99. The fourth-order valence-electron chi connectivity index (χ4n) is 2.60. The van der Waals surface area contributed by atoms with Crippen LogP contribution in [0.2, 0.25) is 0 Å². The summed E-state index contributed by atoms with van der Waals surface area (Å²) in [6.07, 6.45) is 1.67. The van der Waals surface area contributed by atoms with Crippen LogP contribution in [-0.2, 0) is 7.05 Å². The lowest BCUT2D eigenvalue weighted by Gasteiger charge is -2.12. The van der Waals surface area contributed by atoms with Gasteiger partial charge in [-0.15, -0.1) is 0 Å². The molecule has 0 atom stereocenters. The van der Waals surface area contributed by atoms with E-state index in [0.717, 1.165) is 16.8 Å². The van der Waals surface area contributed by atoms with Crippen LogP contribution in [0, 0.1) is 18.3 Å². The Balaban J connectivity index is 2.27. The summed E-state index contributed by atoms with van der Waals surface area (Å²) in [7, 11) is 1.80. The molecule has 0 aliphatic rings. The summed E-state index contributed by atoms with van der Waals surface area (Å²) in [6, 6.07) is 10.8. The van der Waals surface area contributed by atoms with Gasteiger partial charge in [0.1, 0.15) is 23.2 Å². The molecule has 114 valence electrons. The third kappa shape index (κ3) is 2.49. The van der Waals surface area contributed by atoms with Crippen LogP contribution >= 0.6 is 0 Å². The predicted molar refractivity (Wildman–Crippen MR) is 87.4 cm³/mol. The van der Waals surface area contributed by atoms with Crippen molar-refractivity contribution < 1.29 is 5.11 Å². The minimum atomic E-state index is 0.175. The van der Waals surface area contributed by atoms with Gasteiger partial charge in [0, 0.05) is 24.4 Å². The van der Waals surface area contributed by atoms with Gasteiger partial charge < -0.3 is 10.8 Å². The number of nitrogen functional groups attached to an aromatic ring is 1. The second-order valence-corrected chi connectivity index (χ2v) is 5.27. The van der Waals surface area contributed by atoms with E-state index in [1.165, 1.54) is 0 Å². The molecule has 0 amide bonds. The van der Waals surface area contributed by atoms with Crippen LogP contribution < -0.4 is 5.73 Å². The molecule has 0 radical (unpaired) electrons. The molecule has 1 aromatic carbocycles. The van der Waals surface area contributed by atoms with Gasteiger partial charge in [-0.25, -0.2) is 4.98 Å². The zero-order valence-corrected chi connectivity index (χ0v) is 12.8. The maximum Gasteiger partial charge on any atom is 0.142 e. The Morgan fingerprint density at radius 2 is 2.00 bits per heavy atom. The lowest BCUT2D eigenvalue weighted by Crippen LogP contribution is -2.02. The Hall–Kier alpha value is -3.33. The van der Waals surface area contributed by atoms with Gasteiger partial charge in [0.25, 0.3) is 0 Å². The van der Waals surface area contributed by atoms with Crippen molar-refractivity contribution in [2.45, 2.75) is 6.92 Å². The van der Waals surface area contributed by atoms with Gasteiger partial charge in [0.05, 0.1) is 11.4 Å². The highest BCUT2D eigenvalue weighted by Crippen LogP contribution is 2.32. The Kier molecular flexibility index (Phi) is 3.47. The molecule has 0 saturated heterocycles. The number of anilines is 1. The number of hydrogen-bond donors (Lipinski definition) is 2. The van der Waals surface area contributed by atoms with Crippen molar-refractivity contribution in [2.24, 2.45) is 7.05 Å². The normalized spacial score (nSPS) is 10.5. The number of aromatic hydroxyl groups is 1. The molecule has 0 fully saturated rings. The van der Waals surface area contributed by atoms with Gasteiger partial charge in [-0.1, -0.05) is 0 Å². The molecule has 3 rings (SSSR count). The van der Waals surface area contributed by atoms with E-state index in [0.29, 0.717) is 16.8 Å². The van der Waals surface area contributed by atoms with E-state index in [2.05, 4.69) is 16.2 Å². The minimum absolute atomic E-state index is 0.175. The Bertz CT molecular complexity index is 937. The Morgan fingerprint density at radius 1 is 1.22 bits per heavy atom. The van der Waals surface area contributed by atoms with Crippen LogP contribution in [-0.4, -0.2) is 19.9 Å². The third-order valence-corrected chi connectivity index (χ3v) is 3.74. The number of nitrogens with two attached hydrogens (primary N) is 1. The maximum atomic E-state index is 9.56.